The predicted molar refractivity (Wildman–Crippen MR) is 111 cm³/mol. The van der Waals surface area contributed by atoms with Gasteiger partial charge in [0.25, 0.3) is 0 Å². The van der Waals surface area contributed by atoms with Crippen molar-refractivity contribution in [2.24, 2.45) is 7.05 Å². The average Bonchev–Trinajstić information content (AvgIpc) is 3.27. The minimum absolute atomic E-state index is 0.307. The zero-order chi connectivity index (χ0) is 20.2. The highest BCUT2D eigenvalue weighted by atomic mass is 35.5. The van der Waals surface area contributed by atoms with Crippen molar-refractivity contribution in [1.29, 1.82) is 0 Å². The van der Waals surface area contributed by atoms with Crippen LogP contribution in [0.2, 0.25) is 5.02 Å². The molecule has 1 aromatic carbocycles. The van der Waals surface area contributed by atoms with Gasteiger partial charge in [-0.25, -0.2) is 16.2 Å². The number of halogens is 1. The highest BCUT2D eigenvalue weighted by molar-refractivity contribution is 6.32. The lowest BCUT2D eigenvalue weighted by atomic mass is 9.83. The quantitative estimate of drug-likeness (QED) is 0.619. The van der Waals surface area contributed by atoms with Crippen LogP contribution in [0.1, 0.15) is 31.2 Å². The minimum atomic E-state index is -0.461. The van der Waals surface area contributed by atoms with Crippen molar-refractivity contribution in [2.45, 2.75) is 37.4 Å². The number of hydrogen-bond acceptors (Lipinski definition) is 4. The average molecular weight is 411 g/mol. The monoisotopic (exact) mass is 410 g/mol. The van der Waals surface area contributed by atoms with Gasteiger partial charge < -0.3 is 4.74 Å². The third-order valence-corrected chi connectivity index (χ3v) is 6.67. The fraction of sp³-hybridized carbons (Fsp3) is 0.476. The maximum absolute atomic E-state index is 7.63. The van der Waals surface area contributed by atoms with Gasteiger partial charge in [0.05, 0.1) is 24.1 Å². The predicted octanol–water partition coefficient (Wildman–Crippen LogP) is 3.63. The molecule has 8 heteroatoms. The Labute approximate surface area is 174 Å². The van der Waals surface area contributed by atoms with E-state index in [0.717, 1.165) is 46.6 Å². The summed E-state index contributed by atoms with van der Waals surface area (Å²) < 4.78 is 9.05. The number of hydrogen-bond donors (Lipinski definition) is 0. The summed E-state index contributed by atoms with van der Waals surface area (Å²) in [5.74, 6) is 0.360. The molecule has 0 N–H and O–H groups in total. The maximum Gasteiger partial charge on any atom is 0.334 e. The second-order valence-electron chi connectivity index (χ2n) is 8.21. The van der Waals surface area contributed by atoms with Crippen LogP contribution in [0.5, 0.6) is 0 Å². The van der Waals surface area contributed by atoms with Crippen molar-refractivity contribution in [1.82, 2.24) is 24.5 Å². The van der Waals surface area contributed by atoms with E-state index < -0.39 is 5.66 Å². The van der Waals surface area contributed by atoms with E-state index in [9.17, 15) is 0 Å². The number of ether oxygens (including phenoxy) is 1. The summed E-state index contributed by atoms with van der Waals surface area (Å²) in [6, 6.07) is 4.51. The van der Waals surface area contributed by atoms with Crippen molar-refractivity contribution in [2.75, 3.05) is 19.8 Å². The van der Waals surface area contributed by atoms with E-state index in [1.165, 1.54) is 0 Å². The van der Waals surface area contributed by atoms with Gasteiger partial charge in [-0.3, -0.25) is 9.53 Å². The number of likely N-dealkylation sites (tertiary alicyclic amines) is 1. The first kappa shape index (κ1) is 18.6. The molecular weight excluding hydrogens is 388 g/mol. The maximum atomic E-state index is 7.63. The number of aromatic nitrogens is 4. The van der Waals surface area contributed by atoms with Crippen LogP contribution >= 0.6 is 11.6 Å². The molecule has 3 aromatic rings. The van der Waals surface area contributed by atoms with Crippen LogP contribution in [0.25, 0.3) is 21.4 Å². The summed E-state index contributed by atoms with van der Waals surface area (Å²) in [6.45, 7) is 11.8. The van der Waals surface area contributed by atoms with Crippen LogP contribution in [0.15, 0.2) is 30.7 Å². The van der Waals surface area contributed by atoms with E-state index in [1.807, 2.05) is 36.4 Å². The smallest absolute Gasteiger partial charge is 0.334 e. The second-order valence-corrected chi connectivity index (χ2v) is 8.62. The van der Waals surface area contributed by atoms with E-state index >= 15 is 0 Å². The van der Waals surface area contributed by atoms with Gasteiger partial charge >= 0.3 is 5.66 Å². The van der Waals surface area contributed by atoms with E-state index in [2.05, 4.69) is 32.9 Å². The first-order valence-electron chi connectivity index (χ1n) is 9.90. The number of piperidine rings is 1. The number of nitrogens with zero attached hydrogens (tertiary/aromatic N) is 6. The van der Waals surface area contributed by atoms with Crippen LogP contribution in [0.4, 0.5) is 0 Å². The fourth-order valence-electron chi connectivity index (χ4n) is 4.75. The van der Waals surface area contributed by atoms with Crippen LogP contribution in [0.3, 0.4) is 0 Å². The molecule has 0 aliphatic carbocycles. The summed E-state index contributed by atoms with van der Waals surface area (Å²) in [7, 11) is 1.90. The van der Waals surface area contributed by atoms with Crippen molar-refractivity contribution in [3.05, 3.63) is 52.7 Å². The Morgan fingerprint density at radius 1 is 1.28 bits per heavy atom. The summed E-state index contributed by atoms with van der Waals surface area (Å²) in [4.78, 5) is 6.23. The van der Waals surface area contributed by atoms with Crippen LogP contribution in [0, 0.1) is 6.57 Å². The zero-order valence-electron chi connectivity index (χ0n) is 16.5. The molecule has 0 saturated carbocycles. The number of fused-ring (bicyclic) bond motifs is 1. The normalized spacial score (nSPS) is 24.3. The zero-order valence-corrected chi connectivity index (χ0v) is 17.3. The van der Waals surface area contributed by atoms with Gasteiger partial charge in [0, 0.05) is 30.0 Å². The second kappa shape index (κ2) is 6.84. The molecule has 7 nitrogen and oxygen atoms in total. The molecule has 2 atom stereocenters. The lowest BCUT2D eigenvalue weighted by molar-refractivity contribution is -0.134. The first-order chi connectivity index (χ1) is 14.0. The minimum Gasteiger partial charge on any atom is -0.361 e. The highest BCUT2D eigenvalue weighted by Crippen LogP contribution is 2.41. The topological polar surface area (TPSA) is 52.5 Å². The Bertz CT molecular complexity index is 1110. The third kappa shape index (κ3) is 2.94. The van der Waals surface area contributed by atoms with Crippen LogP contribution < -0.4 is 0 Å². The van der Waals surface area contributed by atoms with Gasteiger partial charge in [-0.05, 0) is 43.4 Å². The van der Waals surface area contributed by atoms with E-state index in [0.29, 0.717) is 25.2 Å². The summed E-state index contributed by atoms with van der Waals surface area (Å²) in [5.41, 5.74) is 2.68. The van der Waals surface area contributed by atoms with Crippen molar-refractivity contribution in [3.8, 4) is 5.69 Å². The Balaban J connectivity index is 1.46. The molecule has 0 amide bonds. The molecule has 5 rings (SSSR count). The Morgan fingerprint density at radius 2 is 2.10 bits per heavy atom. The molecule has 4 heterocycles. The molecule has 29 heavy (non-hydrogen) atoms. The molecular formula is C21H23ClN6O. The molecule has 2 aliphatic rings. The molecule has 2 aromatic heterocycles. The third-order valence-electron chi connectivity index (χ3n) is 6.35. The standard InChI is InChI=1S/C21H23ClN6O/c1-14-6-15(4-5-27(14)21(23-2)12-29-13-21)18-8-20-16(7-19(18)22)9-25-28(20)17-10-24-26(3)11-17/h7-11,14-15H,4-6,12-13H2,1,3H3/t14-,15+/m0/s1. The van der Waals surface area contributed by atoms with Gasteiger partial charge in [-0.15, -0.1) is 0 Å². The van der Waals surface area contributed by atoms with E-state index in [4.69, 9.17) is 22.9 Å². The van der Waals surface area contributed by atoms with E-state index in [-0.39, 0.29) is 0 Å². The van der Waals surface area contributed by atoms with Crippen molar-refractivity contribution in [3.63, 3.8) is 0 Å². The Kier molecular flexibility index (Phi) is 4.39. The van der Waals surface area contributed by atoms with E-state index in [1.54, 1.807) is 4.68 Å². The summed E-state index contributed by atoms with van der Waals surface area (Å²) >= 11 is 6.70. The lowest BCUT2D eigenvalue weighted by Gasteiger charge is -2.46. The molecule has 0 unspecified atom stereocenters. The summed E-state index contributed by atoms with van der Waals surface area (Å²) in [5, 5.41) is 10.6. The molecule has 0 radical (unpaired) electrons. The largest absolute Gasteiger partial charge is 0.361 e. The molecule has 2 saturated heterocycles. The Morgan fingerprint density at radius 3 is 2.72 bits per heavy atom. The van der Waals surface area contributed by atoms with Crippen LogP contribution in [-0.4, -0.2) is 55.9 Å². The number of rotatable bonds is 3. The van der Waals surface area contributed by atoms with Gasteiger partial charge in [0.2, 0.25) is 0 Å². The first-order valence-corrected chi connectivity index (χ1v) is 10.3. The lowest BCUT2D eigenvalue weighted by Crippen LogP contribution is -2.64. The van der Waals surface area contributed by atoms with Crippen molar-refractivity contribution < 1.29 is 4.74 Å². The molecule has 2 fully saturated rings. The van der Waals surface area contributed by atoms with Crippen molar-refractivity contribution >= 4 is 22.5 Å². The Hall–Kier alpha value is -2.40. The van der Waals surface area contributed by atoms with Gasteiger partial charge in [-0.2, -0.15) is 10.2 Å². The van der Waals surface area contributed by atoms with Gasteiger partial charge in [0.1, 0.15) is 18.9 Å². The fourth-order valence-corrected chi connectivity index (χ4v) is 5.08. The van der Waals surface area contributed by atoms with Gasteiger partial charge in [-0.1, -0.05) is 11.6 Å². The van der Waals surface area contributed by atoms with Gasteiger partial charge in [0.15, 0.2) is 0 Å². The summed E-state index contributed by atoms with van der Waals surface area (Å²) in [6.07, 6.45) is 7.56. The highest BCUT2D eigenvalue weighted by Gasteiger charge is 2.54. The molecule has 2 aliphatic heterocycles. The number of aryl methyl sites for hydroxylation is 1. The van der Waals surface area contributed by atoms with Crippen LogP contribution in [-0.2, 0) is 11.8 Å². The SMILES string of the molecule is [C-]#[N+]C1(N2CC[C@@H](c3cc4c(cnn4-c4cnn(C)c4)cc3Cl)C[C@@H]2C)COC1. The molecule has 150 valence electrons. The number of benzene rings is 1. The molecule has 0 bridgehead atoms. The molecule has 0 spiro atoms.